The Morgan fingerprint density at radius 3 is 2.82 bits per heavy atom. The minimum absolute atomic E-state index is 0. The smallest absolute Gasteiger partial charge is 0.135 e. The van der Waals surface area contributed by atoms with Crippen LogP contribution < -0.4 is 5.49 Å². The predicted molar refractivity (Wildman–Crippen MR) is 73.5 cm³/mol. The molecule has 3 nitrogen and oxygen atoms in total. The van der Waals surface area contributed by atoms with Gasteiger partial charge in [0, 0.05) is 18.4 Å². The predicted octanol–water partition coefficient (Wildman–Crippen LogP) is 2.82. The molecule has 0 aliphatic carbocycles. The Bertz CT molecular complexity index is 589. The van der Waals surface area contributed by atoms with Crippen molar-refractivity contribution in [2.45, 2.75) is 32.2 Å². The van der Waals surface area contributed by atoms with Crippen molar-refractivity contribution in [3.63, 3.8) is 0 Å². The maximum absolute atomic E-state index is 8.24. The van der Waals surface area contributed by atoms with Crippen LogP contribution in [0.5, 0.6) is 0 Å². The van der Waals surface area contributed by atoms with Crippen LogP contribution >= 0.6 is 17.0 Å². The Morgan fingerprint density at radius 2 is 1.94 bits per heavy atom. The first-order valence-corrected chi connectivity index (χ1v) is 5.89. The summed E-state index contributed by atoms with van der Waals surface area (Å²) in [4.78, 5) is 4.68. The number of fused-ring (bicyclic) bond motifs is 2. The molecule has 17 heavy (non-hydrogen) atoms. The average molecular weight is 294 g/mol. The molecule has 0 amide bonds. The third-order valence-corrected chi connectivity index (χ3v) is 3.27. The average Bonchev–Trinajstić information content (AvgIpc) is 2.55. The number of hydrogen-bond donors (Lipinski definition) is 1. The standard InChI is InChI=1S/C13H15N3.BrH/c14-13-10-6-3-4-7-11(10)15-12-8-2-1-5-9-16(12)13;/h3-4,6-7,14H,1-2,5,8-9H2;1H. The molecule has 0 atom stereocenters. The van der Waals surface area contributed by atoms with Crippen LogP contribution in [-0.2, 0) is 13.0 Å². The normalized spacial score (nSPS) is 14.8. The number of hydrogen-bond acceptors (Lipinski definition) is 2. The number of aromatic nitrogens is 2. The summed E-state index contributed by atoms with van der Waals surface area (Å²) in [5.41, 5.74) is 1.59. The van der Waals surface area contributed by atoms with E-state index in [0.29, 0.717) is 5.49 Å². The van der Waals surface area contributed by atoms with Gasteiger partial charge in [0.15, 0.2) is 0 Å². The number of nitrogens with one attached hydrogen (secondary N) is 1. The molecule has 0 saturated heterocycles. The molecule has 0 radical (unpaired) electrons. The van der Waals surface area contributed by atoms with Crippen molar-refractivity contribution >= 4 is 27.9 Å². The molecular formula is C13H16BrN3. The summed E-state index contributed by atoms with van der Waals surface area (Å²) >= 11 is 0. The number of rotatable bonds is 0. The first-order valence-electron chi connectivity index (χ1n) is 5.89. The van der Waals surface area contributed by atoms with Crippen molar-refractivity contribution < 1.29 is 0 Å². The molecule has 0 unspecified atom stereocenters. The topological polar surface area (TPSA) is 41.7 Å². The lowest BCUT2D eigenvalue weighted by Gasteiger charge is -2.11. The van der Waals surface area contributed by atoms with Crippen LogP contribution in [0.3, 0.4) is 0 Å². The third-order valence-electron chi connectivity index (χ3n) is 3.27. The fourth-order valence-corrected chi connectivity index (χ4v) is 2.41. The quantitative estimate of drug-likeness (QED) is 0.797. The monoisotopic (exact) mass is 293 g/mol. The molecule has 1 N–H and O–H groups in total. The maximum atomic E-state index is 8.24. The molecule has 4 heteroatoms. The summed E-state index contributed by atoms with van der Waals surface area (Å²) in [6.07, 6.45) is 4.63. The fraction of sp³-hybridized carbons (Fsp3) is 0.385. The zero-order chi connectivity index (χ0) is 11.0. The van der Waals surface area contributed by atoms with E-state index in [0.717, 1.165) is 29.7 Å². The van der Waals surface area contributed by atoms with E-state index in [9.17, 15) is 0 Å². The summed E-state index contributed by atoms with van der Waals surface area (Å²) in [6.45, 7) is 0.950. The van der Waals surface area contributed by atoms with E-state index >= 15 is 0 Å². The Balaban J connectivity index is 0.00000108. The highest BCUT2D eigenvalue weighted by Crippen LogP contribution is 2.14. The third kappa shape index (κ3) is 2.14. The molecule has 0 spiro atoms. The molecule has 2 heterocycles. The minimum atomic E-state index is 0. The van der Waals surface area contributed by atoms with E-state index in [4.69, 9.17) is 5.41 Å². The molecule has 2 aromatic rings. The van der Waals surface area contributed by atoms with E-state index in [-0.39, 0.29) is 17.0 Å². The van der Waals surface area contributed by atoms with E-state index in [1.807, 2.05) is 24.3 Å². The van der Waals surface area contributed by atoms with Gasteiger partial charge in [0.05, 0.1) is 5.52 Å². The van der Waals surface area contributed by atoms with Crippen LogP contribution in [0.15, 0.2) is 24.3 Å². The van der Waals surface area contributed by atoms with Gasteiger partial charge in [0.1, 0.15) is 11.3 Å². The molecular weight excluding hydrogens is 278 g/mol. The Kier molecular flexibility index (Phi) is 3.62. The van der Waals surface area contributed by atoms with Crippen LogP contribution in [0, 0.1) is 5.41 Å². The molecule has 0 bridgehead atoms. The highest BCUT2D eigenvalue weighted by Gasteiger charge is 2.10. The summed E-state index contributed by atoms with van der Waals surface area (Å²) < 4.78 is 2.08. The summed E-state index contributed by atoms with van der Waals surface area (Å²) in [5.74, 6) is 1.08. The molecule has 0 fully saturated rings. The van der Waals surface area contributed by atoms with Gasteiger partial charge in [-0.1, -0.05) is 18.6 Å². The zero-order valence-electron chi connectivity index (χ0n) is 9.65. The second-order valence-corrected chi connectivity index (χ2v) is 4.36. The summed E-state index contributed by atoms with van der Waals surface area (Å²) in [7, 11) is 0. The van der Waals surface area contributed by atoms with Crippen molar-refractivity contribution in [3.05, 3.63) is 35.6 Å². The molecule has 0 saturated carbocycles. The zero-order valence-corrected chi connectivity index (χ0v) is 11.4. The SMILES string of the molecule is Br.N=c1c2ccccc2nc2n1CCCCC2. The van der Waals surface area contributed by atoms with Gasteiger partial charge < -0.3 is 4.57 Å². The molecule has 3 rings (SSSR count). The van der Waals surface area contributed by atoms with Crippen molar-refractivity contribution in [2.24, 2.45) is 0 Å². The fourth-order valence-electron chi connectivity index (χ4n) is 2.41. The second kappa shape index (κ2) is 5.00. The lowest BCUT2D eigenvalue weighted by Crippen LogP contribution is -2.24. The number of halogens is 1. The van der Waals surface area contributed by atoms with Gasteiger partial charge in [-0.15, -0.1) is 17.0 Å². The van der Waals surface area contributed by atoms with Crippen molar-refractivity contribution in [3.8, 4) is 0 Å². The molecule has 1 aromatic carbocycles. The maximum Gasteiger partial charge on any atom is 0.135 e. The number of benzene rings is 1. The lowest BCUT2D eigenvalue weighted by molar-refractivity contribution is 0.602. The van der Waals surface area contributed by atoms with Gasteiger partial charge in [-0.3, -0.25) is 5.41 Å². The molecule has 1 aliphatic heterocycles. The first-order chi connectivity index (χ1) is 7.86. The number of nitrogens with zero attached hydrogens (tertiary/aromatic N) is 2. The Morgan fingerprint density at radius 1 is 1.12 bits per heavy atom. The van der Waals surface area contributed by atoms with Crippen LogP contribution in [0.2, 0.25) is 0 Å². The van der Waals surface area contributed by atoms with Gasteiger partial charge in [-0.2, -0.15) is 0 Å². The van der Waals surface area contributed by atoms with Crippen molar-refractivity contribution in [2.75, 3.05) is 0 Å². The number of aryl methyl sites for hydroxylation is 1. The minimum Gasteiger partial charge on any atom is -0.314 e. The summed E-state index contributed by atoms with van der Waals surface area (Å²) in [5, 5.41) is 9.20. The first kappa shape index (κ1) is 12.3. The van der Waals surface area contributed by atoms with Gasteiger partial charge in [0.25, 0.3) is 0 Å². The van der Waals surface area contributed by atoms with Crippen LogP contribution in [0.25, 0.3) is 10.9 Å². The highest BCUT2D eigenvalue weighted by atomic mass is 79.9. The Hall–Kier alpha value is -1.16. The van der Waals surface area contributed by atoms with Crippen molar-refractivity contribution in [1.29, 1.82) is 5.41 Å². The van der Waals surface area contributed by atoms with E-state index in [1.54, 1.807) is 0 Å². The highest BCUT2D eigenvalue weighted by molar-refractivity contribution is 8.93. The second-order valence-electron chi connectivity index (χ2n) is 4.36. The van der Waals surface area contributed by atoms with Gasteiger partial charge in [-0.25, -0.2) is 4.98 Å². The van der Waals surface area contributed by atoms with E-state index in [2.05, 4.69) is 9.55 Å². The van der Waals surface area contributed by atoms with Crippen LogP contribution in [0.4, 0.5) is 0 Å². The van der Waals surface area contributed by atoms with Gasteiger partial charge in [-0.05, 0) is 25.0 Å². The molecule has 90 valence electrons. The molecule has 1 aromatic heterocycles. The summed E-state index contributed by atoms with van der Waals surface area (Å²) in [6, 6.07) is 7.95. The van der Waals surface area contributed by atoms with Gasteiger partial charge >= 0.3 is 0 Å². The van der Waals surface area contributed by atoms with E-state index in [1.165, 1.54) is 19.3 Å². The van der Waals surface area contributed by atoms with Crippen molar-refractivity contribution in [1.82, 2.24) is 9.55 Å². The Labute approximate surface area is 111 Å². The van der Waals surface area contributed by atoms with E-state index < -0.39 is 0 Å². The molecule has 1 aliphatic rings. The van der Waals surface area contributed by atoms with Crippen LogP contribution in [-0.4, -0.2) is 9.55 Å². The largest absolute Gasteiger partial charge is 0.314 e. The van der Waals surface area contributed by atoms with Gasteiger partial charge in [0.2, 0.25) is 0 Å². The lowest BCUT2D eigenvalue weighted by atomic mass is 10.2. The van der Waals surface area contributed by atoms with Crippen LogP contribution in [0.1, 0.15) is 25.1 Å². The number of para-hydroxylation sites is 1.